The lowest BCUT2D eigenvalue weighted by Gasteiger charge is -2.29. The number of hydrogen-bond acceptors (Lipinski definition) is 5. The van der Waals surface area contributed by atoms with Gasteiger partial charge in [-0.3, -0.25) is 10.1 Å². The van der Waals surface area contributed by atoms with Gasteiger partial charge in [0.2, 0.25) is 0 Å². The average molecular weight is 280 g/mol. The molecule has 0 bridgehead atoms. The Morgan fingerprint density at radius 2 is 2.10 bits per heavy atom. The van der Waals surface area contributed by atoms with E-state index in [1.807, 2.05) is 0 Å². The monoisotopic (exact) mass is 280 g/mol. The van der Waals surface area contributed by atoms with E-state index in [1.54, 1.807) is 24.1 Å². The van der Waals surface area contributed by atoms with Gasteiger partial charge in [-0.2, -0.15) is 0 Å². The number of nitro groups is 1. The Morgan fingerprint density at radius 1 is 1.45 bits per heavy atom. The van der Waals surface area contributed by atoms with E-state index in [9.17, 15) is 15.2 Å². The summed E-state index contributed by atoms with van der Waals surface area (Å²) in [5.41, 5.74) is -0.254. The molecule has 0 radical (unpaired) electrons. The maximum Gasteiger partial charge on any atom is 0.292 e. The maximum absolute atomic E-state index is 11.1. The molecule has 110 valence electrons. The lowest BCUT2D eigenvalue weighted by Crippen LogP contribution is -2.39. The molecule has 6 heteroatoms. The highest BCUT2D eigenvalue weighted by molar-refractivity contribution is 5.65. The maximum atomic E-state index is 11.1. The third-order valence-electron chi connectivity index (χ3n) is 3.86. The van der Waals surface area contributed by atoms with Crippen LogP contribution in [-0.4, -0.2) is 36.3 Å². The van der Waals surface area contributed by atoms with Crippen molar-refractivity contribution < 1.29 is 14.8 Å². The van der Waals surface area contributed by atoms with Crippen molar-refractivity contribution in [3.63, 3.8) is 0 Å². The number of anilines is 1. The number of ether oxygens (including phenoxy) is 1. The summed E-state index contributed by atoms with van der Waals surface area (Å²) in [6, 6.07) is 4.64. The predicted molar refractivity (Wildman–Crippen MR) is 76.3 cm³/mol. The molecule has 1 saturated carbocycles. The minimum Gasteiger partial charge on any atom is -0.497 e. The van der Waals surface area contributed by atoms with E-state index in [2.05, 4.69) is 0 Å². The minimum atomic E-state index is -0.744. The molecule has 1 N–H and O–H groups in total. The Balaban J connectivity index is 2.27. The van der Waals surface area contributed by atoms with Crippen molar-refractivity contribution in [2.45, 2.75) is 31.3 Å². The van der Waals surface area contributed by atoms with Crippen LogP contribution >= 0.6 is 0 Å². The summed E-state index contributed by atoms with van der Waals surface area (Å²) < 4.78 is 5.12. The summed E-state index contributed by atoms with van der Waals surface area (Å²) in [4.78, 5) is 12.4. The van der Waals surface area contributed by atoms with Crippen molar-refractivity contribution in [3.8, 4) is 5.75 Å². The predicted octanol–water partition coefficient (Wildman–Crippen LogP) is 2.34. The number of aliphatic hydroxyl groups is 1. The zero-order chi connectivity index (χ0) is 14.8. The van der Waals surface area contributed by atoms with E-state index in [0.717, 1.165) is 25.7 Å². The first-order valence-electron chi connectivity index (χ1n) is 6.71. The molecular formula is C14H20N2O4. The molecule has 0 heterocycles. The van der Waals surface area contributed by atoms with Gasteiger partial charge in [0.1, 0.15) is 11.4 Å². The number of hydrogen-bond donors (Lipinski definition) is 1. The van der Waals surface area contributed by atoms with Gasteiger partial charge in [0.05, 0.1) is 17.6 Å². The molecule has 6 nitrogen and oxygen atoms in total. The van der Waals surface area contributed by atoms with Gasteiger partial charge < -0.3 is 14.7 Å². The zero-order valence-corrected chi connectivity index (χ0v) is 11.8. The smallest absolute Gasteiger partial charge is 0.292 e. The third-order valence-corrected chi connectivity index (χ3v) is 3.86. The van der Waals surface area contributed by atoms with Crippen LogP contribution in [0.4, 0.5) is 11.4 Å². The van der Waals surface area contributed by atoms with Crippen LogP contribution in [0.1, 0.15) is 25.7 Å². The molecule has 1 fully saturated rings. The largest absolute Gasteiger partial charge is 0.497 e. The van der Waals surface area contributed by atoms with Crippen molar-refractivity contribution in [2.75, 3.05) is 25.6 Å². The second-order valence-electron chi connectivity index (χ2n) is 5.40. The second kappa shape index (κ2) is 5.66. The number of methoxy groups -OCH3 is 1. The van der Waals surface area contributed by atoms with Crippen LogP contribution in [0, 0.1) is 10.1 Å². The molecule has 0 aromatic heterocycles. The summed E-state index contributed by atoms with van der Waals surface area (Å²) in [6.45, 7) is 0.390. The first-order valence-corrected chi connectivity index (χ1v) is 6.71. The standard InChI is InChI=1S/C14H20N2O4/c1-15(10-14(17)7-3-4-8-14)13-9-11(20-2)5-6-12(13)16(18)19/h5-6,9,17H,3-4,7-8,10H2,1-2H3. The quantitative estimate of drug-likeness (QED) is 0.662. The zero-order valence-electron chi connectivity index (χ0n) is 11.8. The fourth-order valence-electron chi connectivity index (χ4n) is 2.81. The van der Waals surface area contributed by atoms with E-state index in [0.29, 0.717) is 18.0 Å². The highest BCUT2D eigenvalue weighted by Crippen LogP contribution is 2.35. The lowest BCUT2D eigenvalue weighted by molar-refractivity contribution is -0.384. The van der Waals surface area contributed by atoms with Crippen molar-refractivity contribution >= 4 is 11.4 Å². The summed E-state index contributed by atoms with van der Waals surface area (Å²) in [7, 11) is 3.29. The van der Waals surface area contributed by atoms with Crippen LogP contribution < -0.4 is 9.64 Å². The molecule has 2 rings (SSSR count). The van der Waals surface area contributed by atoms with Gasteiger partial charge in [0.25, 0.3) is 5.69 Å². The van der Waals surface area contributed by atoms with Crippen LogP contribution in [0.5, 0.6) is 5.75 Å². The number of rotatable bonds is 5. The molecule has 0 saturated heterocycles. The van der Waals surface area contributed by atoms with Crippen molar-refractivity contribution in [2.24, 2.45) is 0 Å². The summed E-state index contributed by atoms with van der Waals surface area (Å²) >= 11 is 0. The first kappa shape index (κ1) is 14.6. The Bertz CT molecular complexity index is 498. The highest BCUT2D eigenvalue weighted by Gasteiger charge is 2.33. The van der Waals surface area contributed by atoms with E-state index in [4.69, 9.17) is 4.74 Å². The molecule has 1 aliphatic carbocycles. The molecule has 0 amide bonds. The molecule has 1 aromatic carbocycles. The van der Waals surface area contributed by atoms with E-state index in [-0.39, 0.29) is 5.69 Å². The van der Waals surface area contributed by atoms with E-state index >= 15 is 0 Å². The topological polar surface area (TPSA) is 75.8 Å². The van der Waals surface area contributed by atoms with Gasteiger partial charge in [-0.05, 0) is 18.9 Å². The molecular weight excluding hydrogens is 260 g/mol. The number of nitrogens with zero attached hydrogens (tertiary/aromatic N) is 2. The van der Waals surface area contributed by atoms with Gasteiger partial charge in [0, 0.05) is 25.7 Å². The van der Waals surface area contributed by atoms with Crippen molar-refractivity contribution in [1.29, 1.82) is 0 Å². The van der Waals surface area contributed by atoms with Crippen molar-refractivity contribution in [3.05, 3.63) is 28.3 Å². The molecule has 1 aromatic rings. The van der Waals surface area contributed by atoms with Gasteiger partial charge in [0.15, 0.2) is 0 Å². The molecule has 1 aliphatic rings. The van der Waals surface area contributed by atoms with Gasteiger partial charge >= 0.3 is 0 Å². The molecule has 0 spiro atoms. The molecule has 20 heavy (non-hydrogen) atoms. The number of benzene rings is 1. The SMILES string of the molecule is COc1ccc([N+](=O)[O-])c(N(C)CC2(O)CCCC2)c1. The summed E-state index contributed by atoms with van der Waals surface area (Å²) in [5.74, 6) is 0.566. The lowest BCUT2D eigenvalue weighted by atomic mass is 10.0. The van der Waals surface area contributed by atoms with Gasteiger partial charge in [-0.15, -0.1) is 0 Å². The number of likely N-dealkylation sites (N-methyl/N-ethyl adjacent to an activating group) is 1. The normalized spacial score (nSPS) is 16.9. The Kier molecular flexibility index (Phi) is 4.13. The van der Waals surface area contributed by atoms with E-state index < -0.39 is 10.5 Å². The summed E-state index contributed by atoms with van der Waals surface area (Å²) in [5, 5.41) is 21.6. The number of nitro benzene ring substituents is 1. The van der Waals surface area contributed by atoms with E-state index in [1.165, 1.54) is 13.2 Å². The molecule has 0 unspecified atom stereocenters. The van der Waals surface area contributed by atoms with Crippen LogP contribution in [0.3, 0.4) is 0 Å². The first-order chi connectivity index (χ1) is 9.45. The second-order valence-corrected chi connectivity index (χ2v) is 5.40. The van der Waals surface area contributed by atoms with Crippen LogP contribution in [0.15, 0.2) is 18.2 Å². The fraction of sp³-hybridized carbons (Fsp3) is 0.571. The fourth-order valence-corrected chi connectivity index (χ4v) is 2.81. The Labute approximate surface area is 118 Å². The van der Waals surface area contributed by atoms with Crippen LogP contribution in [-0.2, 0) is 0 Å². The average Bonchev–Trinajstić information content (AvgIpc) is 2.84. The van der Waals surface area contributed by atoms with Gasteiger partial charge in [-0.25, -0.2) is 0 Å². The van der Waals surface area contributed by atoms with Crippen LogP contribution in [0.2, 0.25) is 0 Å². The molecule has 0 atom stereocenters. The third kappa shape index (κ3) is 3.01. The summed E-state index contributed by atoms with van der Waals surface area (Å²) in [6.07, 6.45) is 3.50. The Morgan fingerprint density at radius 3 is 2.65 bits per heavy atom. The van der Waals surface area contributed by atoms with Crippen LogP contribution in [0.25, 0.3) is 0 Å². The van der Waals surface area contributed by atoms with Gasteiger partial charge in [-0.1, -0.05) is 12.8 Å². The highest BCUT2D eigenvalue weighted by atomic mass is 16.6. The van der Waals surface area contributed by atoms with Crippen molar-refractivity contribution in [1.82, 2.24) is 0 Å². The Hall–Kier alpha value is -1.82. The minimum absolute atomic E-state index is 0.0231. The molecule has 0 aliphatic heterocycles.